The van der Waals surface area contributed by atoms with E-state index in [1.54, 1.807) is 30.3 Å². The van der Waals surface area contributed by atoms with Gasteiger partial charge in [0.25, 0.3) is 0 Å². The summed E-state index contributed by atoms with van der Waals surface area (Å²) in [4.78, 5) is 28.6. The van der Waals surface area contributed by atoms with Gasteiger partial charge in [0.1, 0.15) is 11.9 Å². The van der Waals surface area contributed by atoms with Crippen molar-refractivity contribution in [1.29, 1.82) is 0 Å². The molecule has 1 atom stereocenters. The maximum atomic E-state index is 13.0. The van der Waals surface area contributed by atoms with Crippen molar-refractivity contribution in [3.63, 3.8) is 0 Å². The Bertz CT molecular complexity index is 816. The maximum Gasteiger partial charge on any atom is 0.414 e. The number of carbonyl (C=O) groups excluding carboxylic acids is 2. The minimum absolute atomic E-state index is 0.128. The third kappa shape index (κ3) is 6.98. The summed E-state index contributed by atoms with van der Waals surface area (Å²) in [5.41, 5.74) is 1.41. The van der Waals surface area contributed by atoms with E-state index in [1.165, 1.54) is 19.2 Å². The van der Waals surface area contributed by atoms with Crippen molar-refractivity contribution in [2.24, 2.45) is 5.41 Å². The molecule has 6 nitrogen and oxygen atoms in total. The first kappa shape index (κ1) is 21.3. The normalized spacial score (nSPS) is 12.2. The van der Waals surface area contributed by atoms with Crippen molar-refractivity contribution < 1.29 is 18.7 Å². The summed E-state index contributed by atoms with van der Waals surface area (Å²) in [5.74, 6) is -0.459. The van der Waals surface area contributed by atoms with Crippen molar-refractivity contribution >= 4 is 12.0 Å². The lowest BCUT2D eigenvalue weighted by atomic mass is 9.88. The van der Waals surface area contributed by atoms with Crippen LogP contribution in [0.2, 0.25) is 0 Å². The van der Waals surface area contributed by atoms with Crippen molar-refractivity contribution in [3.05, 3.63) is 59.5 Å². The van der Waals surface area contributed by atoms with Crippen LogP contribution in [-0.2, 0) is 11.2 Å². The van der Waals surface area contributed by atoms with Crippen LogP contribution in [0.25, 0.3) is 0 Å². The van der Waals surface area contributed by atoms with E-state index >= 15 is 0 Å². The zero-order chi connectivity index (χ0) is 20.7. The Morgan fingerprint density at radius 3 is 2.43 bits per heavy atom. The van der Waals surface area contributed by atoms with Crippen molar-refractivity contribution in [2.45, 2.75) is 39.7 Å². The molecule has 0 fully saturated rings. The molecule has 0 unspecified atom stereocenters. The number of likely N-dealkylation sites (N-methyl/N-ethyl adjacent to an activating group) is 1. The molecule has 7 heteroatoms. The van der Waals surface area contributed by atoms with Gasteiger partial charge in [-0.05, 0) is 35.6 Å². The molecule has 0 aliphatic rings. The molecule has 2 aromatic rings. The second-order valence-corrected chi connectivity index (χ2v) is 7.74. The highest BCUT2D eigenvalue weighted by molar-refractivity contribution is 5.85. The van der Waals surface area contributed by atoms with Gasteiger partial charge in [0, 0.05) is 25.2 Å². The fraction of sp³-hybridized carbons (Fsp3) is 0.381. The van der Waals surface area contributed by atoms with Crippen LogP contribution < -0.4 is 15.4 Å². The van der Waals surface area contributed by atoms with E-state index in [-0.39, 0.29) is 23.0 Å². The first-order valence-electron chi connectivity index (χ1n) is 9.06. The summed E-state index contributed by atoms with van der Waals surface area (Å²) < 4.78 is 18.3. The van der Waals surface area contributed by atoms with Gasteiger partial charge in [-0.25, -0.2) is 14.2 Å². The summed E-state index contributed by atoms with van der Waals surface area (Å²) in [6.07, 6.45) is 0.188. The van der Waals surface area contributed by atoms with Crippen LogP contribution in [0.3, 0.4) is 0 Å². The maximum absolute atomic E-state index is 13.0. The Morgan fingerprint density at radius 1 is 1.14 bits per heavy atom. The highest BCUT2D eigenvalue weighted by Crippen LogP contribution is 2.21. The molecule has 2 rings (SSSR count). The molecule has 0 saturated carbocycles. The van der Waals surface area contributed by atoms with Gasteiger partial charge in [0.15, 0.2) is 0 Å². The SMILES string of the molecule is CNC(=O)[C@H](CC(C)(C)C)NC(=O)Oc1cccc(Cc2ccc(F)cc2)n1. The molecule has 150 valence electrons. The smallest absolute Gasteiger partial charge is 0.391 e. The van der Waals surface area contributed by atoms with Gasteiger partial charge in [-0.3, -0.25) is 4.79 Å². The molecule has 0 aliphatic heterocycles. The van der Waals surface area contributed by atoms with Crippen molar-refractivity contribution in [1.82, 2.24) is 15.6 Å². The fourth-order valence-corrected chi connectivity index (χ4v) is 2.69. The number of nitrogens with zero attached hydrogens (tertiary/aromatic N) is 1. The number of hydrogen-bond acceptors (Lipinski definition) is 4. The lowest BCUT2D eigenvalue weighted by molar-refractivity contribution is -0.123. The van der Waals surface area contributed by atoms with Gasteiger partial charge < -0.3 is 15.4 Å². The Kier molecular flexibility index (Phi) is 7.09. The van der Waals surface area contributed by atoms with E-state index in [0.29, 0.717) is 18.5 Å². The average Bonchev–Trinajstić information content (AvgIpc) is 2.61. The van der Waals surface area contributed by atoms with E-state index in [1.807, 2.05) is 20.8 Å². The van der Waals surface area contributed by atoms with E-state index < -0.39 is 12.1 Å². The molecular formula is C21H26FN3O3. The summed E-state index contributed by atoms with van der Waals surface area (Å²) in [5, 5.41) is 5.14. The van der Waals surface area contributed by atoms with Gasteiger partial charge in [0.2, 0.25) is 11.8 Å². The number of hydrogen-bond donors (Lipinski definition) is 2. The average molecular weight is 387 g/mol. The molecule has 1 aromatic heterocycles. The number of amides is 2. The Labute approximate surface area is 164 Å². The minimum atomic E-state index is -0.746. The van der Waals surface area contributed by atoms with Gasteiger partial charge in [-0.15, -0.1) is 0 Å². The summed E-state index contributed by atoms with van der Waals surface area (Å²) in [6.45, 7) is 5.95. The summed E-state index contributed by atoms with van der Waals surface area (Å²) in [7, 11) is 1.52. The second kappa shape index (κ2) is 9.30. The van der Waals surface area contributed by atoms with Gasteiger partial charge in [-0.1, -0.05) is 39.0 Å². The lowest BCUT2D eigenvalue weighted by Gasteiger charge is -2.25. The Morgan fingerprint density at radius 2 is 1.82 bits per heavy atom. The van der Waals surface area contributed by atoms with Gasteiger partial charge in [-0.2, -0.15) is 0 Å². The molecular weight excluding hydrogens is 361 g/mol. The summed E-state index contributed by atoms with van der Waals surface area (Å²) in [6, 6.07) is 10.5. The van der Waals surface area contributed by atoms with Crippen molar-refractivity contribution in [3.8, 4) is 5.88 Å². The predicted octanol–water partition coefficient (Wildman–Crippen LogP) is 3.45. The number of aromatic nitrogens is 1. The van der Waals surface area contributed by atoms with E-state index in [0.717, 1.165) is 5.56 Å². The first-order valence-corrected chi connectivity index (χ1v) is 9.06. The molecule has 0 spiro atoms. The Balaban J connectivity index is 2.02. The number of rotatable bonds is 6. The van der Waals surface area contributed by atoms with E-state index in [2.05, 4.69) is 15.6 Å². The van der Waals surface area contributed by atoms with Crippen LogP contribution in [0.5, 0.6) is 5.88 Å². The fourth-order valence-electron chi connectivity index (χ4n) is 2.69. The predicted molar refractivity (Wildman–Crippen MR) is 105 cm³/mol. The van der Waals surface area contributed by atoms with Crippen LogP contribution in [0.4, 0.5) is 9.18 Å². The monoisotopic (exact) mass is 387 g/mol. The standard InChI is InChI=1S/C21H26FN3O3/c1-21(2,3)13-17(19(26)23-4)25-20(27)28-18-7-5-6-16(24-18)12-14-8-10-15(22)11-9-14/h5-11,17H,12-13H2,1-4H3,(H,23,26)(H,25,27)/t17-/m0/s1. The van der Waals surface area contributed by atoms with E-state index in [4.69, 9.17) is 4.74 Å². The van der Waals surface area contributed by atoms with Crippen LogP contribution in [0.15, 0.2) is 42.5 Å². The van der Waals surface area contributed by atoms with E-state index in [9.17, 15) is 14.0 Å². The Hall–Kier alpha value is -2.96. The zero-order valence-corrected chi connectivity index (χ0v) is 16.6. The second-order valence-electron chi connectivity index (χ2n) is 7.74. The highest BCUT2D eigenvalue weighted by Gasteiger charge is 2.26. The van der Waals surface area contributed by atoms with Crippen molar-refractivity contribution in [2.75, 3.05) is 7.05 Å². The molecule has 1 aromatic carbocycles. The third-order valence-electron chi connectivity index (χ3n) is 3.95. The van der Waals surface area contributed by atoms with Gasteiger partial charge >= 0.3 is 6.09 Å². The number of pyridine rings is 1. The third-order valence-corrected chi connectivity index (χ3v) is 3.95. The molecule has 2 N–H and O–H groups in total. The van der Waals surface area contributed by atoms with Crippen LogP contribution in [0, 0.1) is 11.2 Å². The molecule has 28 heavy (non-hydrogen) atoms. The number of nitrogens with one attached hydrogen (secondary N) is 2. The highest BCUT2D eigenvalue weighted by atomic mass is 19.1. The quantitative estimate of drug-likeness (QED) is 0.796. The number of carbonyl (C=O) groups is 2. The molecule has 0 bridgehead atoms. The minimum Gasteiger partial charge on any atom is -0.391 e. The topological polar surface area (TPSA) is 80.3 Å². The first-order chi connectivity index (χ1) is 13.2. The molecule has 0 saturated heterocycles. The molecule has 2 amide bonds. The number of benzene rings is 1. The van der Waals surface area contributed by atoms with Gasteiger partial charge in [0.05, 0.1) is 0 Å². The molecule has 0 aliphatic carbocycles. The summed E-state index contributed by atoms with van der Waals surface area (Å²) >= 11 is 0. The number of ether oxygens (including phenoxy) is 1. The molecule has 0 radical (unpaired) electrons. The van der Waals surface area contributed by atoms with Crippen LogP contribution in [0.1, 0.15) is 38.4 Å². The zero-order valence-electron chi connectivity index (χ0n) is 16.6. The van der Waals surface area contributed by atoms with Crippen LogP contribution >= 0.6 is 0 Å². The van der Waals surface area contributed by atoms with Crippen LogP contribution in [-0.4, -0.2) is 30.1 Å². The molecule has 1 heterocycles. The lowest BCUT2D eigenvalue weighted by Crippen LogP contribution is -2.48. The largest absolute Gasteiger partial charge is 0.414 e. The number of halogens is 1.